The van der Waals surface area contributed by atoms with Gasteiger partial charge in [0.1, 0.15) is 11.5 Å². The van der Waals surface area contributed by atoms with Gasteiger partial charge in [-0.15, -0.1) is 5.10 Å². The molecular formula is C20H23N7O. The van der Waals surface area contributed by atoms with Crippen LogP contribution in [0.3, 0.4) is 0 Å². The summed E-state index contributed by atoms with van der Waals surface area (Å²) in [6.45, 7) is 4.19. The van der Waals surface area contributed by atoms with Gasteiger partial charge in [0.25, 0.3) is 5.91 Å². The van der Waals surface area contributed by atoms with Crippen LogP contribution >= 0.6 is 0 Å². The van der Waals surface area contributed by atoms with Crippen LogP contribution in [0.5, 0.6) is 0 Å². The highest BCUT2D eigenvalue weighted by molar-refractivity contribution is 5.93. The zero-order valence-electron chi connectivity index (χ0n) is 15.9. The van der Waals surface area contributed by atoms with Gasteiger partial charge < -0.3 is 4.90 Å². The van der Waals surface area contributed by atoms with E-state index in [1.54, 1.807) is 18.6 Å². The molecule has 0 radical (unpaired) electrons. The summed E-state index contributed by atoms with van der Waals surface area (Å²) < 4.78 is 1.85. The number of aromatic nitrogens is 6. The maximum atomic E-state index is 12.8. The van der Waals surface area contributed by atoms with Gasteiger partial charge in [-0.1, -0.05) is 18.2 Å². The fraction of sp³-hybridized carbons (Fsp3) is 0.400. The Morgan fingerprint density at radius 3 is 2.79 bits per heavy atom. The standard InChI is InChI=1S/C20H23N7O/c1-2-19-22-10-16(11-23-19)20(28)26-9-5-6-15(12-26)13-27-14-18(24-25-27)17-7-3-4-8-21-17/h3-4,7-8,10-11,14-15H,2,5-6,9,12-13H2,1H3/t15-/m1/s1. The van der Waals surface area contributed by atoms with Crippen LogP contribution in [-0.2, 0) is 13.0 Å². The number of rotatable bonds is 5. The Labute approximate surface area is 163 Å². The molecule has 1 saturated heterocycles. The number of hydrogen-bond acceptors (Lipinski definition) is 6. The van der Waals surface area contributed by atoms with Crippen LogP contribution in [0.2, 0.25) is 0 Å². The van der Waals surface area contributed by atoms with Gasteiger partial charge in [0, 0.05) is 44.6 Å². The highest BCUT2D eigenvalue weighted by Gasteiger charge is 2.25. The van der Waals surface area contributed by atoms with Crippen molar-refractivity contribution >= 4 is 5.91 Å². The molecule has 8 heteroatoms. The van der Waals surface area contributed by atoms with Crippen molar-refractivity contribution in [3.05, 3.63) is 54.4 Å². The van der Waals surface area contributed by atoms with Gasteiger partial charge in [0.05, 0.1) is 17.5 Å². The number of likely N-dealkylation sites (tertiary alicyclic amines) is 1. The molecule has 1 fully saturated rings. The van der Waals surface area contributed by atoms with Crippen LogP contribution in [-0.4, -0.2) is 53.8 Å². The maximum absolute atomic E-state index is 12.8. The lowest BCUT2D eigenvalue weighted by Crippen LogP contribution is -2.41. The van der Waals surface area contributed by atoms with Crippen molar-refractivity contribution in [2.45, 2.75) is 32.7 Å². The van der Waals surface area contributed by atoms with Crippen LogP contribution in [0, 0.1) is 5.92 Å². The number of hydrogen-bond donors (Lipinski definition) is 0. The Bertz CT molecular complexity index is 923. The van der Waals surface area contributed by atoms with E-state index in [9.17, 15) is 4.79 Å². The van der Waals surface area contributed by atoms with Crippen molar-refractivity contribution in [3.63, 3.8) is 0 Å². The summed E-state index contributed by atoms with van der Waals surface area (Å²) >= 11 is 0. The molecule has 1 aliphatic heterocycles. The molecule has 0 spiro atoms. The molecule has 28 heavy (non-hydrogen) atoms. The van der Waals surface area contributed by atoms with Crippen LogP contribution in [0.25, 0.3) is 11.4 Å². The number of pyridine rings is 1. The second-order valence-corrected chi connectivity index (χ2v) is 7.04. The van der Waals surface area contributed by atoms with Crippen LogP contribution < -0.4 is 0 Å². The van der Waals surface area contributed by atoms with Crippen molar-refractivity contribution in [3.8, 4) is 11.4 Å². The highest BCUT2D eigenvalue weighted by atomic mass is 16.2. The number of nitrogens with zero attached hydrogens (tertiary/aromatic N) is 7. The van der Waals surface area contributed by atoms with E-state index in [-0.39, 0.29) is 5.91 Å². The third-order valence-corrected chi connectivity index (χ3v) is 4.99. The molecule has 0 aromatic carbocycles. The van der Waals surface area contributed by atoms with E-state index in [0.717, 1.165) is 49.6 Å². The van der Waals surface area contributed by atoms with Crippen molar-refractivity contribution in [2.75, 3.05) is 13.1 Å². The van der Waals surface area contributed by atoms with Gasteiger partial charge in [-0.2, -0.15) is 0 Å². The van der Waals surface area contributed by atoms with Crippen molar-refractivity contribution in [1.29, 1.82) is 0 Å². The topological polar surface area (TPSA) is 89.7 Å². The fourth-order valence-electron chi connectivity index (χ4n) is 3.51. The molecule has 1 aliphatic rings. The SMILES string of the molecule is CCc1ncc(C(=O)N2CCC[C@@H](Cn3cc(-c4ccccn4)nn3)C2)cn1. The summed E-state index contributed by atoms with van der Waals surface area (Å²) in [5.74, 6) is 1.09. The second kappa shape index (κ2) is 8.24. The summed E-state index contributed by atoms with van der Waals surface area (Å²) in [5, 5.41) is 8.46. The average molecular weight is 377 g/mol. The minimum absolute atomic E-state index is 0.000109. The number of aryl methyl sites for hydroxylation is 1. The molecule has 8 nitrogen and oxygen atoms in total. The molecular weight excluding hydrogens is 354 g/mol. The Hall–Kier alpha value is -3.16. The molecule has 1 amide bonds. The van der Waals surface area contributed by atoms with Crippen molar-refractivity contribution < 1.29 is 4.79 Å². The van der Waals surface area contributed by atoms with E-state index in [1.807, 2.05) is 40.9 Å². The molecule has 1 atom stereocenters. The van der Waals surface area contributed by atoms with Gasteiger partial charge in [-0.05, 0) is 30.9 Å². The number of carbonyl (C=O) groups is 1. The zero-order valence-corrected chi connectivity index (χ0v) is 15.9. The monoisotopic (exact) mass is 377 g/mol. The third kappa shape index (κ3) is 4.05. The summed E-state index contributed by atoms with van der Waals surface area (Å²) in [7, 11) is 0. The molecule has 0 saturated carbocycles. The molecule has 0 aliphatic carbocycles. The Balaban J connectivity index is 1.40. The van der Waals surface area contributed by atoms with E-state index < -0.39 is 0 Å². The van der Waals surface area contributed by atoms with E-state index in [4.69, 9.17) is 0 Å². The van der Waals surface area contributed by atoms with E-state index >= 15 is 0 Å². The molecule has 4 heterocycles. The van der Waals surface area contributed by atoms with Gasteiger partial charge >= 0.3 is 0 Å². The van der Waals surface area contributed by atoms with Gasteiger partial charge in [-0.25, -0.2) is 9.97 Å². The first-order valence-corrected chi connectivity index (χ1v) is 9.64. The summed E-state index contributed by atoms with van der Waals surface area (Å²) in [6.07, 6.45) is 9.73. The number of carbonyl (C=O) groups excluding carboxylic acids is 1. The highest BCUT2D eigenvalue weighted by Crippen LogP contribution is 2.21. The molecule has 3 aromatic rings. The first-order valence-electron chi connectivity index (χ1n) is 9.64. The Kier molecular flexibility index (Phi) is 5.36. The molecule has 144 valence electrons. The third-order valence-electron chi connectivity index (χ3n) is 4.99. The van der Waals surface area contributed by atoms with E-state index in [2.05, 4.69) is 25.3 Å². The quantitative estimate of drug-likeness (QED) is 0.677. The van der Waals surface area contributed by atoms with Crippen molar-refractivity contribution in [2.24, 2.45) is 5.92 Å². The van der Waals surface area contributed by atoms with Crippen LogP contribution in [0.1, 0.15) is 35.9 Å². The summed E-state index contributed by atoms with van der Waals surface area (Å²) in [5.41, 5.74) is 2.12. The first kappa shape index (κ1) is 18.2. The summed E-state index contributed by atoms with van der Waals surface area (Å²) in [4.78, 5) is 27.5. The second-order valence-electron chi connectivity index (χ2n) is 7.04. The predicted octanol–water partition coefficient (Wildman–Crippen LogP) is 2.24. The van der Waals surface area contributed by atoms with Gasteiger partial charge in [-0.3, -0.25) is 14.5 Å². The normalized spacial score (nSPS) is 16.9. The minimum atomic E-state index is 0.000109. The lowest BCUT2D eigenvalue weighted by Gasteiger charge is -2.32. The number of piperidine rings is 1. The zero-order chi connectivity index (χ0) is 19.3. The fourth-order valence-corrected chi connectivity index (χ4v) is 3.51. The maximum Gasteiger partial charge on any atom is 0.257 e. The molecule has 0 N–H and O–H groups in total. The van der Waals surface area contributed by atoms with E-state index in [0.29, 0.717) is 18.0 Å². The lowest BCUT2D eigenvalue weighted by molar-refractivity contribution is 0.0658. The van der Waals surface area contributed by atoms with Gasteiger partial charge in [0.2, 0.25) is 0 Å². The molecule has 0 unspecified atom stereocenters. The molecule has 3 aromatic heterocycles. The largest absolute Gasteiger partial charge is 0.338 e. The first-order chi connectivity index (χ1) is 13.7. The van der Waals surface area contributed by atoms with E-state index in [1.165, 1.54) is 0 Å². The predicted molar refractivity (Wildman–Crippen MR) is 103 cm³/mol. The smallest absolute Gasteiger partial charge is 0.257 e. The van der Waals surface area contributed by atoms with Crippen LogP contribution in [0.15, 0.2) is 43.0 Å². The van der Waals surface area contributed by atoms with Gasteiger partial charge in [0.15, 0.2) is 0 Å². The van der Waals surface area contributed by atoms with Crippen molar-refractivity contribution in [1.82, 2.24) is 34.8 Å². The average Bonchev–Trinajstić information content (AvgIpc) is 3.22. The number of amides is 1. The summed E-state index contributed by atoms with van der Waals surface area (Å²) in [6, 6.07) is 5.73. The minimum Gasteiger partial charge on any atom is -0.338 e. The Morgan fingerprint density at radius 1 is 1.18 bits per heavy atom. The lowest BCUT2D eigenvalue weighted by atomic mass is 9.97. The Morgan fingerprint density at radius 2 is 2.04 bits per heavy atom. The molecule has 4 rings (SSSR count). The van der Waals surface area contributed by atoms with Crippen LogP contribution in [0.4, 0.5) is 0 Å². The molecule has 0 bridgehead atoms.